The first kappa shape index (κ1) is 12.5. The molecule has 0 bridgehead atoms. The molecule has 0 amide bonds. The number of carbonyl (C=O) groups is 1. The van der Waals surface area contributed by atoms with Gasteiger partial charge in [-0.3, -0.25) is 4.79 Å². The zero-order chi connectivity index (χ0) is 13.0. The van der Waals surface area contributed by atoms with E-state index >= 15 is 0 Å². The van der Waals surface area contributed by atoms with Gasteiger partial charge in [0.05, 0.1) is 5.75 Å². The molecular weight excluding hydrogens is 248 g/mol. The van der Waals surface area contributed by atoms with Gasteiger partial charge in [0, 0.05) is 10.5 Å². The summed E-state index contributed by atoms with van der Waals surface area (Å²) in [5.74, 6) is -0.277. The third-order valence-corrected chi connectivity index (χ3v) is 3.42. The van der Waals surface area contributed by atoms with Crippen LogP contribution < -0.4 is 0 Å². The molecule has 0 fully saturated rings. The van der Waals surface area contributed by atoms with Crippen LogP contribution >= 0.6 is 11.8 Å². The summed E-state index contributed by atoms with van der Waals surface area (Å²) in [7, 11) is 0. The quantitative estimate of drug-likeness (QED) is 0.504. The fraction of sp³-hybridized carbons (Fsp3) is 0.0714. The molecule has 0 radical (unpaired) electrons. The maximum Gasteiger partial charge on any atom is 0.173 e. The predicted octanol–water partition coefficient (Wildman–Crippen LogP) is 3.07. The highest BCUT2D eigenvalue weighted by Crippen LogP contribution is 2.26. The van der Waals surface area contributed by atoms with Crippen LogP contribution in [0, 0.1) is 0 Å². The van der Waals surface area contributed by atoms with Crippen molar-refractivity contribution in [3.05, 3.63) is 54.1 Å². The first-order chi connectivity index (χ1) is 8.66. The van der Waals surface area contributed by atoms with Crippen LogP contribution in [0.2, 0.25) is 0 Å². The molecule has 0 aliphatic rings. The molecule has 18 heavy (non-hydrogen) atoms. The number of phenols is 2. The van der Waals surface area contributed by atoms with Crippen LogP contribution in [0.4, 0.5) is 0 Å². The van der Waals surface area contributed by atoms with E-state index in [1.54, 1.807) is 0 Å². The van der Waals surface area contributed by atoms with Crippen LogP contribution in [0.15, 0.2) is 53.4 Å². The molecule has 92 valence electrons. The van der Waals surface area contributed by atoms with Gasteiger partial charge in [0.15, 0.2) is 17.3 Å². The molecule has 2 aromatic rings. The number of aromatic hydroxyl groups is 2. The van der Waals surface area contributed by atoms with Crippen molar-refractivity contribution in [3.8, 4) is 11.5 Å². The molecule has 0 unspecified atom stereocenters. The van der Waals surface area contributed by atoms with E-state index in [2.05, 4.69) is 0 Å². The summed E-state index contributed by atoms with van der Waals surface area (Å²) in [6.07, 6.45) is 0. The largest absolute Gasteiger partial charge is 0.504 e. The number of thioether (sulfide) groups is 1. The van der Waals surface area contributed by atoms with Gasteiger partial charge in [-0.2, -0.15) is 0 Å². The Kier molecular flexibility index (Phi) is 3.89. The zero-order valence-corrected chi connectivity index (χ0v) is 10.4. The highest BCUT2D eigenvalue weighted by molar-refractivity contribution is 8.00. The molecule has 0 aliphatic heterocycles. The Morgan fingerprint density at radius 2 is 1.72 bits per heavy atom. The van der Waals surface area contributed by atoms with E-state index in [-0.39, 0.29) is 17.3 Å². The maximum atomic E-state index is 11.9. The Morgan fingerprint density at radius 3 is 2.39 bits per heavy atom. The van der Waals surface area contributed by atoms with Crippen molar-refractivity contribution >= 4 is 17.5 Å². The number of carbonyl (C=O) groups excluding carboxylic acids is 1. The normalized spacial score (nSPS) is 10.2. The summed E-state index contributed by atoms with van der Waals surface area (Å²) >= 11 is 1.44. The smallest absolute Gasteiger partial charge is 0.173 e. The van der Waals surface area contributed by atoms with Crippen LogP contribution in [0.5, 0.6) is 11.5 Å². The van der Waals surface area contributed by atoms with Gasteiger partial charge in [0.2, 0.25) is 0 Å². The zero-order valence-electron chi connectivity index (χ0n) is 9.54. The summed E-state index contributed by atoms with van der Waals surface area (Å²) in [4.78, 5) is 12.9. The van der Waals surface area contributed by atoms with Crippen molar-refractivity contribution in [2.24, 2.45) is 0 Å². The van der Waals surface area contributed by atoms with Gasteiger partial charge < -0.3 is 10.2 Å². The van der Waals surface area contributed by atoms with Gasteiger partial charge in [-0.05, 0) is 30.3 Å². The fourth-order valence-electron chi connectivity index (χ4n) is 1.45. The predicted molar refractivity (Wildman–Crippen MR) is 71.3 cm³/mol. The minimum absolute atomic E-state index is 0.0841. The molecule has 4 heteroatoms. The molecular formula is C14H12O3S. The summed E-state index contributed by atoms with van der Waals surface area (Å²) in [5, 5.41) is 18.5. The van der Waals surface area contributed by atoms with E-state index in [0.717, 1.165) is 4.90 Å². The highest BCUT2D eigenvalue weighted by atomic mass is 32.2. The topological polar surface area (TPSA) is 57.5 Å². The number of phenolic OH excluding ortho intramolecular Hbond substituents is 2. The summed E-state index contributed by atoms with van der Waals surface area (Å²) in [6, 6.07) is 13.7. The van der Waals surface area contributed by atoms with Gasteiger partial charge in [-0.25, -0.2) is 0 Å². The standard InChI is InChI=1S/C14H12O3S/c15-12-7-6-10(8-13(12)16)14(17)9-18-11-4-2-1-3-5-11/h1-8,15-16H,9H2. The Morgan fingerprint density at radius 1 is 1.00 bits per heavy atom. The molecule has 0 saturated carbocycles. The molecule has 0 aromatic heterocycles. The second-order valence-electron chi connectivity index (χ2n) is 3.73. The SMILES string of the molecule is O=C(CSc1ccccc1)c1ccc(O)c(O)c1. The van der Waals surface area contributed by atoms with E-state index in [9.17, 15) is 9.90 Å². The average molecular weight is 260 g/mol. The third kappa shape index (κ3) is 3.05. The summed E-state index contributed by atoms with van der Waals surface area (Å²) in [6.45, 7) is 0. The van der Waals surface area contributed by atoms with E-state index in [4.69, 9.17) is 5.11 Å². The van der Waals surface area contributed by atoms with Gasteiger partial charge in [-0.15, -0.1) is 11.8 Å². The Balaban J connectivity index is 2.02. The average Bonchev–Trinajstić information content (AvgIpc) is 2.40. The van der Waals surface area contributed by atoms with Crippen molar-refractivity contribution in [2.45, 2.75) is 4.90 Å². The van der Waals surface area contributed by atoms with Gasteiger partial charge in [-0.1, -0.05) is 18.2 Å². The Bertz CT molecular complexity index is 552. The van der Waals surface area contributed by atoms with Gasteiger partial charge in [0.25, 0.3) is 0 Å². The van der Waals surface area contributed by atoms with E-state index < -0.39 is 0 Å². The molecule has 2 rings (SSSR count). The highest BCUT2D eigenvalue weighted by Gasteiger charge is 2.09. The molecule has 0 spiro atoms. The fourth-order valence-corrected chi connectivity index (χ4v) is 2.26. The number of rotatable bonds is 4. The van der Waals surface area contributed by atoms with E-state index in [1.807, 2.05) is 30.3 Å². The number of benzene rings is 2. The number of Topliss-reactive ketones (excluding diaryl/α,β-unsaturated/α-hetero) is 1. The van der Waals surface area contributed by atoms with Crippen LogP contribution in [-0.4, -0.2) is 21.7 Å². The molecule has 0 aliphatic carbocycles. The van der Waals surface area contributed by atoms with Crippen molar-refractivity contribution in [1.29, 1.82) is 0 Å². The lowest BCUT2D eigenvalue weighted by atomic mass is 10.1. The van der Waals surface area contributed by atoms with Crippen LogP contribution in [0.25, 0.3) is 0 Å². The minimum Gasteiger partial charge on any atom is -0.504 e. The monoisotopic (exact) mass is 260 g/mol. The Hall–Kier alpha value is -1.94. The van der Waals surface area contributed by atoms with Crippen LogP contribution in [-0.2, 0) is 0 Å². The first-order valence-electron chi connectivity index (χ1n) is 5.40. The Labute approximate surface area is 109 Å². The van der Waals surface area contributed by atoms with E-state index in [0.29, 0.717) is 11.3 Å². The first-order valence-corrected chi connectivity index (χ1v) is 6.38. The number of hydrogen-bond acceptors (Lipinski definition) is 4. The molecule has 0 saturated heterocycles. The van der Waals surface area contributed by atoms with Crippen molar-refractivity contribution < 1.29 is 15.0 Å². The lowest BCUT2D eigenvalue weighted by Gasteiger charge is -2.03. The molecule has 2 N–H and O–H groups in total. The second-order valence-corrected chi connectivity index (χ2v) is 4.78. The molecule has 3 nitrogen and oxygen atoms in total. The van der Waals surface area contributed by atoms with Crippen LogP contribution in [0.3, 0.4) is 0 Å². The van der Waals surface area contributed by atoms with Crippen molar-refractivity contribution in [3.63, 3.8) is 0 Å². The summed E-state index contributed by atoms with van der Waals surface area (Å²) in [5.41, 5.74) is 0.397. The lowest BCUT2D eigenvalue weighted by Crippen LogP contribution is -2.01. The van der Waals surface area contributed by atoms with Crippen molar-refractivity contribution in [1.82, 2.24) is 0 Å². The molecule has 2 aromatic carbocycles. The molecule has 0 atom stereocenters. The maximum absolute atomic E-state index is 11.9. The summed E-state index contributed by atoms with van der Waals surface area (Å²) < 4.78 is 0. The van der Waals surface area contributed by atoms with E-state index in [1.165, 1.54) is 30.0 Å². The molecule has 0 heterocycles. The number of hydrogen-bond donors (Lipinski definition) is 2. The van der Waals surface area contributed by atoms with Crippen molar-refractivity contribution in [2.75, 3.05) is 5.75 Å². The van der Waals surface area contributed by atoms with Crippen LogP contribution in [0.1, 0.15) is 10.4 Å². The minimum atomic E-state index is -0.273. The van der Waals surface area contributed by atoms with Gasteiger partial charge >= 0.3 is 0 Å². The number of ketones is 1. The second kappa shape index (κ2) is 5.60. The van der Waals surface area contributed by atoms with Gasteiger partial charge in [0.1, 0.15) is 0 Å². The lowest BCUT2D eigenvalue weighted by molar-refractivity contribution is 0.102. The third-order valence-electron chi connectivity index (χ3n) is 2.41.